The average molecular weight is 129 g/mol. The lowest BCUT2D eigenvalue weighted by Gasteiger charge is -2.10. The summed E-state index contributed by atoms with van der Waals surface area (Å²) >= 11 is 0. The van der Waals surface area contributed by atoms with Crippen LogP contribution in [0, 0.1) is 11.8 Å². The number of hydrogen-bond acceptors (Lipinski definition) is 1. The third kappa shape index (κ3) is 2.49. The van der Waals surface area contributed by atoms with Gasteiger partial charge in [-0.05, 0) is 12.3 Å². The zero-order chi connectivity index (χ0) is 7.44. The largest absolute Gasteiger partial charge is 0.358 e. The first-order chi connectivity index (χ1) is 4.09. The fourth-order valence-corrected chi connectivity index (χ4v) is 0.910. The summed E-state index contributed by atoms with van der Waals surface area (Å²) in [6.45, 7) is 5.65. The van der Waals surface area contributed by atoms with Gasteiger partial charge in [-0.1, -0.05) is 20.8 Å². The Labute approximate surface area is 55.9 Å². The summed E-state index contributed by atoms with van der Waals surface area (Å²) in [7, 11) is 0. The van der Waals surface area contributed by atoms with Gasteiger partial charge in [0.1, 0.15) is 0 Å². The predicted molar refractivity (Wildman–Crippen MR) is 34.3 cm³/mol. The topological polar surface area (TPSA) is 37.0 Å². The van der Waals surface area contributed by atoms with E-state index >= 15 is 0 Å². The van der Waals surface area contributed by atoms with Crippen LogP contribution in [0.4, 0.5) is 0 Å². The molecule has 0 N–H and O–H groups in total. The fraction of sp³-hybridized carbons (Fsp3) is 0.857. The minimum absolute atomic E-state index is 0.194. The molecule has 1 radical (unpaired) electrons. The molecule has 1 atom stereocenters. The molecule has 0 aromatic carbocycles. The maximum atomic E-state index is 10.3. The van der Waals surface area contributed by atoms with Gasteiger partial charge < -0.3 is 0 Å². The van der Waals surface area contributed by atoms with Crippen molar-refractivity contribution in [3.05, 3.63) is 0 Å². The standard InChI is InChI=1S/C7H13O2/c1-4-6(5(2)3)7(8)9/h5-6H,4H2,1-3H3. The maximum Gasteiger partial charge on any atom is 0.358 e. The summed E-state index contributed by atoms with van der Waals surface area (Å²) in [5.41, 5.74) is 0. The third-order valence-corrected chi connectivity index (χ3v) is 1.55. The van der Waals surface area contributed by atoms with Gasteiger partial charge in [0.2, 0.25) is 0 Å². The van der Waals surface area contributed by atoms with Gasteiger partial charge in [0.25, 0.3) is 0 Å². The molecular weight excluding hydrogens is 116 g/mol. The first-order valence-electron chi connectivity index (χ1n) is 3.30. The van der Waals surface area contributed by atoms with Crippen LogP contribution in [0.5, 0.6) is 0 Å². The lowest BCUT2D eigenvalue weighted by molar-refractivity contribution is -0.149. The molecule has 0 aliphatic heterocycles. The van der Waals surface area contributed by atoms with Crippen LogP contribution in [0.1, 0.15) is 27.2 Å². The third-order valence-electron chi connectivity index (χ3n) is 1.55. The van der Waals surface area contributed by atoms with Crippen molar-refractivity contribution in [3.63, 3.8) is 0 Å². The first kappa shape index (κ1) is 8.47. The van der Waals surface area contributed by atoms with Gasteiger partial charge in [0.05, 0.1) is 5.92 Å². The molecule has 0 saturated heterocycles. The van der Waals surface area contributed by atoms with Crippen molar-refractivity contribution in [1.82, 2.24) is 0 Å². The van der Waals surface area contributed by atoms with Crippen LogP contribution in [-0.4, -0.2) is 5.97 Å². The van der Waals surface area contributed by atoms with E-state index in [1.54, 1.807) is 0 Å². The lowest BCUT2D eigenvalue weighted by atomic mass is 9.94. The maximum absolute atomic E-state index is 10.3. The highest BCUT2D eigenvalue weighted by Gasteiger charge is 2.20. The van der Waals surface area contributed by atoms with Crippen molar-refractivity contribution >= 4 is 5.97 Å². The van der Waals surface area contributed by atoms with Gasteiger partial charge in [0.15, 0.2) is 0 Å². The molecule has 0 aromatic heterocycles. The van der Waals surface area contributed by atoms with E-state index in [1.807, 2.05) is 20.8 Å². The normalized spacial score (nSPS) is 13.8. The molecule has 0 amide bonds. The molecule has 1 unspecified atom stereocenters. The van der Waals surface area contributed by atoms with E-state index in [0.717, 1.165) is 0 Å². The summed E-state index contributed by atoms with van der Waals surface area (Å²) in [5, 5.41) is 10.3. The van der Waals surface area contributed by atoms with Crippen LogP contribution in [0.2, 0.25) is 0 Å². The van der Waals surface area contributed by atoms with Crippen LogP contribution in [0.15, 0.2) is 0 Å². The van der Waals surface area contributed by atoms with E-state index in [2.05, 4.69) is 0 Å². The average Bonchev–Trinajstić information content (AvgIpc) is 1.64. The number of carbonyl (C=O) groups is 1. The molecule has 0 aromatic rings. The van der Waals surface area contributed by atoms with Gasteiger partial charge in [-0.2, -0.15) is 0 Å². The number of rotatable bonds is 3. The van der Waals surface area contributed by atoms with E-state index in [-0.39, 0.29) is 11.8 Å². The van der Waals surface area contributed by atoms with Gasteiger partial charge in [-0.3, -0.25) is 0 Å². The highest BCUT2D eigenvalue weighted by Crippen LogP contribution is 2.14. The van der Waals surface area contributed by atoms with E-state index in [1.165, 1.54) is 0 Å². The molecule has 0 saturated carbocycles. The Kier molecular flexibility index (Phi) is 3.28. The molecule has 53 valence electrons. The zero-order valence-electron chi connectivity index (χ0n) is 6.18. The Morgan fingerprint density at radius 1 is 1.44 bits per heavy atom. The molecule has 0 fully saturated rings. The zero-order valence-corrected chi connectivity index (χ0v) is 6.18. The summed E-state index contributed by atoms with van der Waals surface area (Å²) in [4.78, 5) is 10.3. The minimum Gasteiger partial charge on any atom is -0.247 e. The van der Waals surface area contributed by atoms with Gasteiger partial charge in [-0.25, -0.2) is 9.90 Å². The van der Waals surface area contributed by atoms with Crippen LogP contribution in [0.25, 0.3) is 0 Å². The van der Waals surface area contributed by atoms with Crippen molar-refractivity contribution < 1.29 is 9.90 Å². The summed E-state index contributed by atoms with van der Waals surface area (Å²) in [6, 6.07) is 0. The summed E-state index contributed by atoms with van der Waals surface area (Å²) in [6.07, 6.45) is 0.667. The minimum atomic E-state index is -0.924. The molecule has 0 aliphatic rings. The molecule has 0 heterocycles. The van der Waals surface area contributed by atoms with Crippen molar-refractivity contribution in [1.29, 1.82) is 0 Å². The van der Waals surface area contributed by atoms with E-state index < -0.39 is 5.97 Å². The predicted octanol–water partition coefficient (Wildman–Crippen LogP) is 1.63. The Morgan fingerprint density at radius 2 is 1.89 bits per heavy atom. The van der Waals surface area contributed by atoms with Crippen LogP contribution in [-0.2, 0) is 9.90 Å². The van der Waals surface area contributed by atoms with Crippen LogP contribution < -0.4 is 0 Å². The monoisotopic (exact) mass is 129 g/mol. The van der Waals surface area contributed by atoms with E-state index in [0.29, 0.717) is 6.42 Å². The summed E-state index contributed by atoms with van der Waals surface area (Å²) < 4.78 is 0. The second kappa shape index (κ2) is 3.49. The highest BCUT2D eigenvalue weighted by molar-refractivity contribution is 5.69. The molecular formula is C7H13O2. The summed E-state index contributed by atoms with van der Waals surface area (Å²) in [5.74, 6) is -1.00. The SMILES string of the molecule is CCC(C([O])=O)C(C)C. The van der Waals surface area contributed by atoms with E-state index in [9.17, 15) is 9.90 Å². The molecule has 9 heavy (non-hydrogen) atoms. The molecule has 2 nitrogen and oxygen atoms in total. The van der Waals surface area contributed by atoms with Gasteiger partial charge >= 0.3 is 5.97 Å². The van der Waals surface area contributed by atoms with Crippen LogP contribution >= 0.6 is 0 Å². The smallest absolute Gasteiger partial charge is 0.247 e. The quantitative estimate of drug-likeness (QED) is 0.570. The highest BCUT2D eigenvalue weighted by atomic mass is 16.4. The molecule has 0 aliphatic carbocycles. The molecule has 0 rings (SSSR count). The number of hydrogen-bond donors (Lipinski definition) is 0. The Balaban J connectivity index is 3.83. The second-order valence-electron chi connectivity index (χ2n) is 2.58. The second-order valence-corrected chi connectivity index (χ2v) is 2.58. The molecule has 0 spiro atoms. The Morgan fingerprint density at radius 3 is 1.89 bits per heavy atom. The van der Waals surface area contributed by atoms with Crippen molar-refractivity contribution in [3.8, 4) is 0 Å². The van der Waals surface area contributed by atoms with Crippen molar-refractivity contribution in [2.45, 2.75) is 27.2 Å². The van der Waals surface area contributed by atoms with Crippen LogP contribution in [0.3, 0.4) is 0 Å². The van der Waals surface area contributed by atoms with Crippen molar-refractivity contribution in [2.24, 2.45) is 11.8 Å². The van der Waals surface area contributed by atoms with Crippen molar-refractivity contribution in [2.75, 3.05) is 0 Å². The van der Waals surface area contributed by atoms with Gasteiger partial charge in [-0.15, -0.1) is 0 Å². The fourth-order valence-electron chi connectivity index (χ4n) is 0.910. The number of carbonyl (C=O) groups excluding carboxylic acids is 1. The lowest BCUT2D eigenvalue weighted by Crippen LogP contribution is -2.17. The molecule has 0 bridgehead atoms. The molecule has 2 heteroatoms. The Hall–Kier alpha value is -0.530. The Bertz CT molecular complexity index is 97.1. The van der Waals surface area contributed by atoms with Gasteiger partial charge in [0, 0.05) is 0 Å². The van der Waals surface area contributed by atoms with E-state index in [4.69, 9.17) is 0 Å². The first-order valence-corrected chi connectivity index (χ1v) is 3.30.